The van der Waals surface area contributed by atoms with Crippen molar-refractivity contribution in [3.8, 4) is 5.75 Å². The summed E-state index contributed by atoms with van der Waals surface area (Å²) in [6.45, 7) is 6.01. The van der Waals surface area contributed by atoms with Gasteiger partial charge in [-0.1, -0.05) is 19.1 Å². The van der Waals surface area contributed by atoms with Crippen molar-refractivity contribution >= 4 is 12.0 Å². The monoisotopic (exact) mass is 289 g/mol. The number of carbonyl (C=O) groups is 1. The van der Waals surface area contributed by atoms with Crippen LogP contribution >= 0.6 is 0 Å². The summed E-state index contributed by atoms with van der Waals surface area (Å²) in [6, 6.07) is 7.49. The maximum atomic E-state index is 10.5. The van der Waals surface area contributed by atoms with Gasteiger partial charge >= 0.3 is 5.97 Å². The highest BCUT2D eigenvalue weighted by molar-refractivity contribution is 5.85. The van der Waals surface area contributed by atoms with Gasteiger partial charge in [-0.15, -0.1) is 0 Å². The van der Waals surface area contributed by atoms with Crippen LogP contribution in [-0.2, 0) is 4.79 Å². The minimum atomic E-state index is -0.944. The lowest BCUT2D eigenvalue weighted by molar-refractivity contribution is -0.131. The molecule has 114 valence electrons. The fourth-order valence-electron chi connectivity index (χ4n) is 2.21. The largest absolute Gasteiger partial charge is 0.492 e. The Labute approximate surface area is 126 Å². The summed E-state index contributed by atoms with van der Waals surface area (Å²) in [5, 5.41) is 8.63. The van der Waals surface area contributed by atoms with Crippen LogP contribution in [0.1, 0.15) is 25.3 Å². The fraction of sp³-hybridized carbons (Fsp3) is 0.471. The fourth-order valence-corrected chi connectivity index (χ4v) is 2.21. The molecule has 0 atom stereocenters. The number of nitrogens with zero attached hydrogens (tertiary/aromatic N) is 1. The third-order valence-electron chi connectivity index (χ3n) is 3.61. The normalized spacial score (nSPS) is 14.8. The second kappa shape index (κ2) is 7.84. The molecular weight excluding hydrogens is 266 g/mol. The van der Waals surface area contributed by atoms with E-state index in [1.54, 1.807) is 6.08 Å². The van der Waals surface area contributed by atoms with Crippen LogP contribution in [0.2, 0.25) is 0 Å². The van der Waals surface area contributed by atoms with Crippen molar-refractivity contribution < 1.29 is 14.6 Å². The molecule has 0 aromatic heterocycles. The summed E-state index contributed by atoms with van der Waals surface area (Å²) >= 11 is 0. The molecule has 1 saturated carbocycles. The Hall–Kier alpha value is -1.81. The van der Waals surface area contributed by atoms with Crippen molar-refractivity contribution in [2.45, 2.75) is 19.8 Å². The van der Waals surface area contributed by atoms with Crippen molar-refractivity contribution in [1.82, 2.24) is 4.90 Å². The zero-order chi connectivity index (χ0) is 15.1. The van der Waals surface area contributed by atoms with Gasteiger partial charge in [0.2, 0.25) is 0 Å². The maximum absolute atomic E-state index is 10.5. The second-order valence-electron chi connectivity index (χ2n) is 5.43. The van der Waals surface area contributed by atoms with Gasteiger partial charge in [0.25, 0.3) is 0 Å². The zero-order valence-electron chi connectivity index (χ0n) is 12.5. The minimum absolute atomic E-state index is 0.659. The molecule has 0 spiro atoms. The molecule has 1 N–H and O–H groups in total. The molecule has 1 fully saturated rings. The number of rotatable bonds is 9. The number of hydrogen-bond acceptors (Lipinski definition) is 3. The molecule has 0 saturated heterocycles. The van der Waals surface area contributed by atoms with Gasteiger partial charge in [-0.3, -0.25) is 4.90 Å². The molecule has 0 aliphatic heterocycles. The molecule has 1 aromatic carbocycles. The molecule has 4 heteroatoms. The van der Waals surface area contributed by atoms with Gasteiger partial charge in [0, 0.05) is 19.2 Å². The van der Waals surface area contributed by atoms with Crippen LogP contribution in [0.15, 0.2) is 30.3 Å². The molecule has 0 radical (unpaired) electrons. The molecule has 0 bridgehead atoms. The van der Waals surface area contributed by atoms with E-state index in [1.807, 2.05) is 24.3 Å². The zero-order valence-corrected chi connectivity index (χ0v) is 12.5. The number of carboxylic acids is 1. The summed E-state index contributed by atoms with van der Waals surface area (Å²) in [5.74, 6) is 0.736. The van der Waals surface area contributed by atoms with Gasteiger partial charge in [-0.05, 0) is 49.1 Å². The first-order valence-corrected chi connectivity index (χ1v) is 7.53. The highest BCUT2D eigenvalue weighted by atomic mass is 16.5. The van der Waals surface area contributed by atoms with Gasteiger partial charge in [0.05, 0.1) is 0 Å². The van der Waals surface area contributed by atoms with E-state index in [0.717, 1.165) is 36.4 Å². The van der Waals surface area contributed by atoms with Gasteiger partial charge < -0.3 is 9.84 Å². The van der Waals surface area contributed by atoms with Crippen LogP contribution < -0.4 is 4.74 Å². The molecule has 4 nitrogen and oxygen atoms in total. The van der Waals surface area contributed by atoms with Gasteiger partial charge in [-0.2, -0.15) is 0 Å². The Balaban J connectivity index is 1.79. The predicted octanol–water partition coefficient (Wildman–Crippen LogP) is 2.90. The van der Waals surface area contributed by atoms with E-state index >= 15 is 0 Å². The van der Waals surface area contributed by atoms with Crippen LogP contribution in [-0.4, -0.2) is 42.2 Å². The van der Waals surface area contributed by atoms with Crippen molar-refractivity contribution in [3.63, 3.8) is 0 Å². The van der Waals surface area contributed by atoms with Crippen LogP contribution in [0.25, 0.3) is 6.08 Å². The smallest absolute Gasteiger partial charge is 0.328 e. The standard InChI is InChI=1S/C17H23NO3/c1-2-18(13-15-6-7-15)10-11-21-16-5-3-4-14(12-16)8-9-17(19)20/h3-5,8-9,12,15H,2,6-7,10-11,13H2,1H3,(H,19,20). The third-order valence-corrected chi connectivity index (χ3v) is 3.61. The Kier molecular flexibility index (Phi) is 5.81. The molecule has 1 aromatic rings. The van der Waals surface area contributed by atoms with Crippen molar-refractivity contribution in [3.05, 3.63) is 35.9 Å². The SMILES string of the molecule is CCN(CCOc1cccc(C=CC(=O)O)c1)CC1CC1. The summed E-state index contributed by atoms with van der Waals surface area (Å²) < 4.78 is 5.76. The van der Waals surface area contributed by atoms with Gasteiger partial charge in [-0.25, -0.2) is 4.79 Å². The Morgan fingerprint density at radius 3 is 2.95 bits per heavy atom. The minimum Gasteiger partial charge on any atom is -0.492 e. The van der Waals surface area contributed by atoms with E-state index < -0.39 is 5.97 Å². The first kappa shape index (κ1) is 15.6. The van der Waals surface area contributed by atoms with Crippen LogP contribution in [0.4, 0.5) is 0 Å². The van der Waals surface area contributed by atoms with E-state index in [-0.39, 0.29) is 0 Å². The lowest BCUT2D eigenvalue weighted by Crippen LogP contribution is -2.30. The highest BCUT2D eigenvalue weighted by Gasteiger charge is 2.23. The molecule has 2 rings (SSSR count). The quantitative estimate of drug-likeness (QED) is 0.710. The predicted molar refractivity (Wildman–Crippen MR) is 83.4 cm³/mol. The van der Waals surface area contributed by atoms with E-state index in [4.69, 9.17) is 9.84 Å². The number of benzene rings is 1. The van der Waals surface area contributed by atoms with Crippen LogP contribution in [0.3, 0.4) is 0 Å². The summed E-state index contributed by atoms with van der Waals surface area (Å²) in [4.78, 5) is 12.9. The topological polar surface area (TPSA) is 49.8 Å². The second-order valence-corrected chi connectivity index (χ2v) is 5.43. The lowest BCUT2D eigenvalue weighted by atomic mass is 10.2. The van der Waals surface area contributed by atoms with E-state index in [0.29, 0.717) is 6.61 Å². The van der Waals surface area contributed by atoms with Crippen molar-refractivity contribution in [1.29, 1.82) is 0 Å². The van der Waals surface area contributed by atoms with Crippen molar-refractivity contribution in [2.24, 2.45) is 5.92 Å². The summed E-state index contributed by atoms with van der Waals surface area (Å²) in [5.41, 5.74) is 0.834. The Morgan fingerprint density at radius 2 is 2.29 bits per heavy atom. The maximum Gasteiger partial charge on any atom is 0.328 e. The number of ether oxygens (including phenoxy) is 1. The highest BCUT2D eigenvalue weighted by Crippen LogP contribution is 2.29. The molecule has 21 heavy (non-hydrogen) atoms. The van der Waals surface area contributed by atoms with Gasteiger partial charge in [0.15, 0.2) is 0 Å². The van der Waals surface area contributed by atoms with E-state index in [1.165, 1.54) is 19.4 Å². The molecule has 0 amide bonds. The third kappa shape index (κ3) is 6.00. The van der Waals surface area contributed by atoms with E-state index in [9.17, 15) is 4.79 Å². The first-order valence-electron chi connectivity index (χ1n) is 7.53. The number of hydrogen-bond donors (Lipinski definition) is 1. The Morgan fingerprint density at radius 1 is 1.48 bits per heavy atom. The summed E-state index contributed by atoms with van der Waals surface area (Å²) in [7, 11) is 0. The lowest BCUT2D eigenvalue weighted by Gasteiger charge is -2.20. The van der Waals surface area contributed by atoms with Gasteiger partial charge in [0.1, 0.15) is 12.4 Å². The number of carboxylic acid groups (broad SMARTS) is 1. The molecular formula is C17H23NO3. The molecule has 0 heterocycles. The number of likely N-dealkylation sites (N-methyl/N-ethyl adjacent to an activating group) is 1. The van der Waals surface area contributed by atoms with Crippen LogP contribution in [0.5, 0.6) is 5.75 Å². The molecule has 0 unspecified atom stereocenters. The Bertz CT molecular complexity index is 495. The first-order chi connectivity index (χ1) is 10.2. The average Bonchev–Trinajstić information content (AvgIpc) is 3.28. The summed E-state index contributed by atoms with van der Waals surface area (Å²) in [6.07, 6.45) is 5.44. The molecule has 1 aliphatic carbocycles. The number of aliphatic carboxylic acids is 1. The average molecular weight is 289 g/mol. The molecule has 1 aliphatic rings. The van der Waals surface area contributed by atoms with E-state index in [2.05, 4.69) is 11.8 Å². The van der Waals surface area contributed by atoms with Crippen molar-refractivity contribution in [2.75, 3.05) is 26.2 Å². The van der Waals surface area contributed by atoms with Crippen LogP contribution in [0, 0.1) is 5.92 Å².